The Hall–Kier alpha value is -2.71. The van der Waals surface area contributed by atoms with Crippen molar-refractivity contribution in [1.29, 1.82) is 0 Å². The number of thiophene rings is 1. The van der Waals surface area contributed by atoms with Crippen molar-refractivity contribution in [3.05, 3.63) is 57.5 Å². The van der Waals surface area contributed by atoms with Crippen molar-refractivity contribution in [1.82, 2.24) is 24.1 Å². The van der Waals surface area contributed by atoms with Crippen LogP contribution >= 0.6 is 11.3 Å². The van der Waals surface area contributed by atoms with E-state index in [1.165, 1.54) is 11.3 Å². The van der Waals surface area contributed by atoms with Crippen LogP contribution in [-0.2, 0) is 13.6 Å². The molecule has 0 saturated carbocycles. The lowest BCUT2D eigenvalue weighted by molar-refractivity contribution is 0.240. The third kappa shape index (κ3) is 2.81. The smallest absolute Gasteiger partial charge is 0.272 e. The molecule has 0 aliphatic rings. The first kappa shape index (κ1) is 17.7. The van der Waals surface area contributed by atoms with Gasteiger partial charge in [-0.2, -0.15) is 0 Å². The average Bonchev–Trinajstić information content (AvgIpc) is 3.32. The molecular formula is C19H21N5O2S. The molecule has 0 fully saturated rings. The predicted octanol–water partition coefficient (Wildman–Crippen LogP) is 2.84. The van der Waals surface area contributed by atoms with Gasteiger partial charge < -0.3 is 4.74 Å². The molecule has 3 aromatic heterocycles. The van der Waals surface area contributed by atoms with E-state index in [-0.39, 0.29) is 11.6 Å². The third-order valence-corrected chi connectivity index (χ3v) is 5.93. The molecule has 0 aliphatic carbocycles. The van der Waals surface area contributed by atoms with Gasteiger partial charge >= 0.3 is 0 Å². The zero-order valence-corrected chi connectivity index (χ0v) is 16.5. The van der Waals surface area contributed by atoms with Gasteiger partial charge in [-0.05, 0) is 31.5 Å². The molecule has 4 aromatic rings. The molecule has 27 heavy (non-hydrogen) atoms. The van der Waals surface area contributed by atoms with Crippen molar-refractivity contribution in [3.63, 3.8) is 0 Å². The van der Waals surface area contributed by atoms with Crippen molar-refractivity contribution >= 4 is 27.3 Å². The van der Waals surface area contributed by atoms with E-state index in [1.807, 2.05) is 41.1 Å². The highest BCUT2D eigenvalue weighted by molar-refractivity contribution is 7.17. The number of fused-ring (bicyclic) bond motifs is 3. The quantitative estimate of drug-likeness (QED) is 0.530. The summed E-state index contributed by atoms with van der Waals surface area (Å²) >= 11 is 1.44. The Morgan fingerprint density at radius 2 is 2.04 bits per heavy atom. The van der Waals surface area contributed by atoms with Crippen molar-refractivity contribution in [2.24, 2.45) is 7.05 Å². The Kier molecular flexibility index (Phi) is 4.45. The van der Waals surface area contributed by atoms with E-state index in [0.29, 0.717) is 17.0 Å². The summed E-state index contributed by atoms with van der Waals surface area (Å²) in [5, 5.41) is 10.6. The summed E-state index contributed by atoms with van der Waals surface area (Å²) in [5.74, 6) is 2.22. The zero-order chi connectivity index (χ0) is 19.1. The monoisotopic (exact) mass is 383 g/mol. The summed E-state index contributed by atoms with van der Waals surface area (Å²) in [6.07, 6.45) is 0. The average molecular weight is 383 g/mol. The van der Waals surface area contributed by atoms with Crippen LogP contribution in [0.4, 0.5) is 0 Å². The first-order chi connectivity index (χ1) is 13.0. The summed E-state index contributed by atoms with van der Waals surface area (Å²) in [6, 6.07) is 10.1. The number of hydrogen-bond donors (Lipinski definition) is 0. The van der Waals surface area contributed by atoms with Crippen molar-refractivity contribution in [2.75, 3.05) is 14.2 Å². The first-order valence-electron chi connectivity index (χ1n) is 8.66. The fourth-order valence-electron chi connectivity index (χ4n) is 3.36. The molecule has 1 aromatic carbocycles. The number of ether oxygens (including phenoxy) is 1. The first-order valence-corrected chi connectivity index (χ1v) is 9.54. The molecule has 3 heterocycles. The summed E-state index contributed by atoms with van der Waals surface area (Å²) < 4.78 is 9.74. The zero-order valence-electron chi connectivity index (χ0n) is 15.7. The van der Waals surface area contributed by atoms with Crippen molar-refractivity contribution in [3.8, 4) is 5.75 Å². The standard InChI is InChI=1S/C19H21N5O2S/c1-12(13-7-5-6-8-15(13)26-4)22(2)11-16-20-21-19-23(3)18(25)17-14(24(16)19)9-10-27-17/h5-10,12H,11H2,1-4H3. The van der Waals surface area contributed by atoms with E-state index in [4.69, 9.17) is 4.74 Å². The highest BCUT2D eigenvalue weighted by atomic mass is 32.1. The highest BCUT2D eigenvalue weighted by Crippen LogP contribution is 2.29. The topological polar surface area (TPSA) is 64.7 Å². The van der Waals surface area contributed by atoms with E-state index in [2.05, 4.69) is 28.1 Å². The Labute approximate surface area is 160 Å². The molecular weight excluding hydrogens is 362 g/mol. The van der Waals surface area contributed by atoms with E-state index in [9.17, 15) is 4.79 Å². The second-order valence-corrected chi connectivity index (χ2v) is 7.50. The van der Waals surface area contributed by atoms with E-state index in [1.54, 1.807) is 18.7 Å². The van der Waals surface area contributed by atoms with E-state index < -0.39 is 0 Å². The van der Waals surface area contributed by atoms with Crippen LogP contribution in [0.1, 0.15) is 24.4 Å². The maximum Gasteiger partial charge on any atom is 0.272 e. The molecule has 0 amide bonds. The predicted molar refractivity (Wildman–Crippen MR) is 106 cm³/mol. The minimum Gasteiger partial charge on any atom is -0.496 e. The second-order valence-electron chi connectivity index (χ2n) is 6.58. The maximum atomic E-state index is 12.5. The van der Waals surface area contributed by atoms with Crippen LogP contribution in [-0.4, -0.2) is 38.2 Å². The van der Waals surface area contributed by atoms with Gasteiger partial charge in [0, 0.05) is 18.7 Å². The number of nitrogens with zero attached hydrogens (tertiary/aromatic N) is 5. The van der Waals surface area contributed by atoms with Gasteiger partial charge in [0.2, 0.25) is 5.78 Å². The van der Waals surface area contributed by atoms with Gasteiger partial charge in [-0.1, -0.05) is 18.2 Å². The van der Waals surface area contributed by atoms with Crippen molar-refractivity contribution < 1.29 is 4.74 Å². The number of hydrogen-bond acceptors (Lipinski definition) is 6. The van der Waals surface area contributed by atoms with Crippen LogP contribution in [0.25, 0.3) is 16.0 Å². The molecule has 140 valence electrons. The Morgan fingerprint density at radius 3 is 2.81 bits per heavy atom. The number of aryl methyl sites for hydroxylation is 1. The second kappa shape index (κ2) is 6.79. The molecule has 1 atom stereocenters. The van der Waals surface area contributed by atoms with Gasteiger partial charge in [0.05, 0.1) is 19.2 Å². The number of methoxy groups -OCH3 is 1. The van der Waals surface area contributed by atoms with Gasteiger partial charge in [-0.25, -0.2) is 0 Å². The van der Waals surface area contributed by atoms with Crippen LogP contribution in [0.3, 0.4) is 0 Å². The lowest BCUT2D eigenvalue weighted by Crippen LogP contribution is -2.24. The number of para-hydroxylation sites is 1. The number of rotatable bonds is 5. The summed E-state index contributed by atoms with van der Waals surface area (Å²) in [5.41, 5.74) is 1.93. The van der Waals surface area contributed by atoms with Crippen LogP contribution in [0.15, 0.2) is 40.5 Å². The SMILES string of the molecule is COc1ccccc1C(C)N(C)Cc1nnc2n(C)c(=O)c3sccc3n12. The van der Waals surface area contributed by atoms with Crippen LogP contribution in [0.5, 0.6) is 5.75 Å². The Bertz CT molecular complexity index is 1180. The molecule has 0 spiro atoms. The third-order valence-electron chi connectivity index (χ3n) is 5.04. The molecule has 4 rings (SSSR count). The van der Waals surface area contributed by atoms with E-state index >= 15 is 0 Å². The van der Waals surface area contributed by atoms with E-state index in [0.717, 1.165) is 22.7 Å². The van der Waals surface area contributed by atoms with Crippen LogP contribution < -0.4 is 10.3 Å². The lowest BCUT2D eigenvalue weighted by Gasteiger charge is -2.25. The summed E-state index contributed by atoms with van der Waals surface area (Å²) in [6.45, 7) is 2.72. The molecule has 0 bridgehead atoms. The normalized spacial score (nSPS) is 12.9. The molecule has 0 radical (unpaired) electrons. The van der Waals surface area contributed by atoms with Crippen LogP contribution in [0.2, 0.25) is 0 Å². The van der Waals surface area contributed by atoms with Gasteiger partial charge in [0.1, 0.15) is 10.4 Å². The highest BCUT2D eigenvalue weighted by Gasteiger charge is 2.20. The van der Waals surface area contributed by atoms with Gasteiger partial charge in [0.25, 0.3) is 5.56 Å². The summed E-state index contributed by atoms with van der Waals surface area (Å²) in [4.78, 5) is 14.7. The molecule has 0 aliphatic heterocycles. The fourth-order valence-corrected chi connectivity index (χ4v) is 4.22. The number of benzene rings is 1. The van der Waals surface area contributed by atoms with Crippen molar-refractivity contribution in [2.45, 2.75) is 19.5 Å². The largest absolute Gasteiger partial charge is 0.496 e. The maximum absolute atomic E-state index is 12.5. The van der Waals surface area contributed by atoms with Crippen LogP contribution in [0, 0.1) is 0 Å². The minimum absolute atomic E-state index is 0.0396. The summed E-state index contributed by atoms with van der Waals surface area (Å²) in [7, 11) is 5.47. The molecule has 0 saturated heterocycles. The Balaban J connectivity index is 1.75. The van der Waals surface area contributed by atoms with Gasteiger partial charge in [-0.15, -0.1) is 21.5 Å². The van der Waals surface area contributed by atoms with Gasteiger partial charge in [0.15, 0.2) is 5.82 Å². The lowest BCUT2D eigenvalue weighted by atomic mass is 10.1. The molecule has 7 nitrogen and oxygen atoms in total. The minimum atomic E-state index is -0.0396. The molecule has 1 unspecified atom stereocenters. The van der Waals surface area contributed by atoms with Gasteiger partial charge in [-0.3, -0.25) is 18.7 Å². The molecule has 8 heteroatoms. The Morgan fingerprint density at radius 1 is 1.26 bits per heavy atom. The number of aromatic nitrogens is 4. The molecule has 0 N–H and O–H groups in total. The fraction of sp³-hybridized carbons (Fsp3) is 0.316.